The Labute approximate surface area is 239 Å². The molecule has 3 N–H and O–H groups in total. The van der Waals surface area contributed by atoms with E-state index in [0.717, 1.165) is 28.2 Å². The molecule has 2 aromatic carbocycles. The molecule has 0 spiro atoms. The highest BCUT2D eigenvalue weighted by Crippen LogP contribution is 2.27. The van der Waals surface area contributed by atoms with Crippen LogP contribution in [-0.2, 0) is 27.2 Å². The Morgan fingerprint density at radius 3 is 2.39 bits per heavy atom. The van der Waals surface area contributed by atoms with Gasteiger partial charge in [0.05, 0.1) is 24.1 Å². The highest BCUT2D eigenvalue weighted by molar-refractivity contribution is 5.78. The van der Waals surface area contributed by atoms with E-state index in [4.69, 9.17) is 24.7 Å². The number of carbonyl (C=O) groups excluding carboxylic acids is 1. The summed E-state index contributed by atoms with van der Waals surface area (Å²) in [6.07, 6.45) is 0.322. The normalized spacial score (nSPS) is 11.9. The number of hydrogen-bond donors (Lipinski definition) is 2. The second-order valence-corrected chi connectivity index (χ2v) is 10.1. The summed E-state index contributed by atoms with van der Waals surface area (Å²) >= 11 is 0. The standard InChI is InChI=1S/C32H35N3O6/c1-19(2)40-32(38)30(33)26-18-25(14-12-22(26)13-15-29(36)37)39-17-16-27-21(4)41-31(35-27)24-10-8-23(9-11-24)28-7-5-6-20(3)34-28/h5-12,14,18-19,30H,13,15-17,33H2,1-4H3,(H,36,37). The van der Waals surface area contributed by atoms with Crippen LogP contribution < -0.4 is 10.5 Å². The quantitative estimate of drug-likeness (QED) is 0.213. The third-order valence-electron chi connectivity index (χ3n) is 6.48. The molecule has 2 heterocycles. The zero-order valence-electron chi connectivity index (χ0n) is 23.7. The van der Waals surface area contributed by atoms with Gasteiger partial charge in [0.15, 0.2) is 0 Å². The number of nitrogens with two attached hydrogens (primary N) is 1. The molecule has 0 bridgehead atoms. The van der Waals surface area contributed by atoms with Crippen molar-refractivity contribution in [2.24, 2.45) is 5.73 Å². The summed E-state index contributed by atoms with van der Waals surface area (Å²) in [4.78, 5) is 32.9. The number of hydrogen-bond acceptors (Lipinski definition) is 8. The number of aryl methyl sites for hydroxylation is 3. The lowest BCUT2D eigenvalue weighted by atomic mass is 9.97. The molecule has 0 radical (unpaired) electrons. The summed E-state index contributed by atoms with van der Waals surface area (Å²) in [5, 5.41) is 9.11. The molecule has 1 atom stereocenters. The van der Waals surface area contributed by atoms with E-state index in [0.29, 0.717) is 41.6 Å². The van der Waals surface area contributed by atoms with Crippen molar-refractivity contribution in [2.75, 3.05) is 6.61 Å². The van der Waals surface area contributed by atoms with E-state index < -0.39 is 18.0 Å². The minimum absolute atomic E-state index is 0.0849. The Hall–Kier alpha value is -4.50. The van der Waals surface area contributed by atoms with Crippen molar-refractivity contribution in [3.63, 3.8) is 0 Å². The molecule has 2 aromatic heterocycles. The molecule has 0 amide bonds. The highest BCUT2D eigenvalue weighted by atomic mass is 16.5. The van der Waals surface area contributed by atoms with E-state index in [1.165, 1.54) is 0 Å². The van der Waals surface area contributed by atoms with Crippen molar-refractivity contribution in [1.82, 2.24) is 9.97 Å². The fourth-order valence-electron chi connectivity index (χ4n) is 4.39. The molecule has 0 aliphatic carbocycles. The van der Waals surface area contributed by atoms with Crippen molar-refractivity contribution >= 4 is 11.9 Å². The molecule has 0 saturated carbocycles. The number of benzene rings is 2. The maximum atomic E-state index is 12.5. The van der Waals surface area contributed by atoms with Gasteiger partial charge < -0.3 is 24.7 Å². The molecule has 4 rings (SSSR count). The minimum Gasteiger partial charge on any atom is -0.493 e. The third kappa shape index (κ3) is 7.79. The van der Waals surface area contributed by atoms with Crippen LogP contribution in [0, 0.1) is 13.8 Å². The fraction of sp³-hybridized carbons (Fsp3) is 0.312. The van der Waals surface area contributed by atoms with Gasteiger partial charge >= 0.3 is 11.9 Å². The van der Waals surface area contributed by atoms with E-state index >= 15 is 0 Å². The number of carboxylic acid groups (broad SMARTS) is 1. The number of aliphatic carboxylic acids is 1. The summed E-state index contributed by atoms with van der Waals surface area (Å²) in [6, 6.07) is 18.0. The van der Waals surface area contributed by atoms with E-state index in [1.807, 2.05) is 56.3 Å². The first-order valence-electron chi connectivity index (χ1n) is 13.5. The maximum Gasteiger partial charge on any atom is 0.327 e. The van der Waals surface area contributed by atoms with Crippen molar-refractivity contribution in [3.8, 4) is 28.5 Å². The van der Waals surface area contributed by atoms with Crippen LogP contribution in [0.25, 0.3) is 22.7 Å². The number of rotatable bonds is 12. The largest absolute Gasteiger partial charge is 0.493 e. The first kappa shape index (κ1) is 29.5. The van der Waals surface area contributed by atoms with Gasteiger partial charge in [0.1, 0.15) is 17.6 Å². The minimum atomic E-state index is -1.06. The van der Waals surface area contributed by atoms with Gasteiger partial charge in [-0.15, -0.1) is 0 Å². The van der Waals surface area contributed by atoms with Gasteiger partial charge in [-0.25, -0.2) is 9.78 Å². The molecule has 214 valence electrons. The van der Waals surface area contributed by atoms with Crippen LogP contribution in [0.2, 0.25) is 0 Å². The number of esters is 1. The summed E-state index contributed by atoms with van der Waals surface area (Å²) < 4.78 is 17.2. The van der Waals surface area contributed by atoms with Crippen molar-refractivity contribution in [3.05, 3.63) is 88.9 Å². The van der Waals surface area contributed by atoms with Crippen molar-refractivity contribution < 1.29 is 28.6 Å². The third-order valence-corrected chi connectivity index (χ3v) is 6.48. The zero-order chi connectivity index (χ0) is 29.5. The van der Waals surface area contributed by atoms with Gasteiger partial charge in [0, 0.05) is 29.7 Å². The number of oxazole rings is 1. The molecule has 0 aliphatic heterocycles. The zero-order valence-corrected chi connectivity index (χ0v) is 23.7. The molecule has 9 heteroatoms. The van der Waals surface area contributed by atoms with Crippen LogP contribution >= 0.6 is 0 Å². The van der Waals surface area contributed by atoms with E-state index in [-0.39, 0.29) is 18.9 Å². The first-order valence-corrected chi connectivity index (χ1v) is 13.5. The molecule has 9 nitrogen and oxygen atoms in total. The number of carboxylic acids is 1. The predicted octanol–water partition coefficient (Wildman–Crippen LogP) is 5.61. The lowest BCUT2D eigenvalue weighted by Crippen LogP contribution is -2.27. The Kier molecular flexibility index (Phi) is 9.52. The lowest BCUT2D eigenvalue weighted by Gasteiger charge is -2.18. The van der Waals surface area contributed by atoms with Crippen LogP contribution in [-0.4, -0.2) is 39.7 Å². The molecule has 0 saturated heterocycles. The second kappa shape index (κ2) is 13.2. The Balaban J connectivity index is 1.43. The number of nitrogens with zero attached hydrogens (tertiary/aromatic N) is 2. The van der Waals surface area contributed by atoms with Crippen LogP contribution in [0.4, 0.5) is 0 Å². The number of pyridine rings is 1. The van der Waals surface area contributed by atoms with Gasteiger partial charge in [-0.05, 0) is 81.6 Å². The van der Waals surface area contributed by atoms with Gasteiger partial charge in [-0.2, -0.15) is 0 Å². The fourth-order valence-corrected chi connectivity index (χ4v) is 4.39. The topological polar surface area (TPSA) is 138 Å². The van der Waals surface area contributed by atoms with Crippen molar-refractivity contribution in [1.29, 1.82) is 0 Å². The van der Waals surface area contributed by atoms with Gasteiger partial charge in [0.2, 0.25) is 5.89 Å². The number of aromatic nitrogens is 2. The van der Waals surface area contributed by atoms with Gasteiger partial charge in [0.25, 0.3) is 0 Å². The summed E-state index contributed by atoms with van der Waals surface area (Å²) in [5.74, 6) is 0.226. The molecule has 41 heavy (non-hydrogen) atoms. The maximum absolute atomic E-state index is 12.5. The Morgan fingerprint density at radius 1 is 0.976 bits per heavy atom. The van der Waals surface area contributed by atoms with E-state index in [1.54, 1.807) is 32.0 Å². The summed E-state index contributed by atoms with van der Waals surface area (Å²) in [7, 11) is 0. The molecule has 0 aliphatic rings. The average Bonchev–Trinajstić information content (AvgIpc) is 3.31. The van der Waals surface area contributed by atoms with Crippen LogP contribution in [0.15, 0.2) is 65.1 Å². The first-order chi connectivity index (χ1) is 19.6. The SMILES string of the molecule is Cc1cccc(-c2ccc(-c3nc(CCOc4ccc(CCC(=O)O)c(C(N)C(=O)OC(C)C)c4)c(C)o3)cc2)n1. The predicted molar refractivity (Wildman–Crippen MR) is 154 cm³/mol. The smallest absolute Gasteiger partial charge is 0.327 e. The highest BCUT2D eigenvalue weighted by Gasteiger charge is 2.23. The van der Waals surface area contributed by atoms with Crippen LogP contribution in [0.3, 0.4) is 0 Å². The second-order valence-electron chi connectivity index (χ2n) is 10.1. The van der Waals surface area contributed by atoms with Crippen molar-refractivity contribution in [2.45, 2.75) is 59.1 Å². The number of carbonyl (C=O) groups is 2. The summed E-state index contributed by atoms with van der Waals surface area (Å²) in [5.41, 5.74) is 11.9. The Bertz CT molecular complexity index is 1510. The average molecular weight is 558 g/mol. The van der Waals surface area contributed by atoms with Gasteiger partial charge in [-0.3, -0.25) is 9.78 Å². The molecular formula is C32H35N3O6. The molecule has 1 unspecified atom stereocenters. The van der Waals surface area contributed by atoms with E-state index in [9.17, 15) is 9.59 Å². The lowest BCUT2D eigenvalue weighted by molar-refractivity contribution is -0.149. The molecule has 0 fully saturated rings. The summed E-state index contributed by atoms with van der Waals surface area (Å²) in [6.45, 7) is 7.62. The molecular weight excluding hydrogens is 522 g/mol. The van der Waals surface area contributed by atoms with Gasteiger partial charge in [-0.1, -0.05) is 24.3 Å². The van der Waals surface area contributed by atoms with Crippen LogP contribution in [0.1, 0.15) is 54.6 Å². The van der Waals surface area contributed by atoms with Crippen LogP contribution in [0.5, 0.6) is 5.75 Å². The monoisotopic (exact) mass is 557 g/mol. The molecule has 4 aromatic rings. The Morgan fingerprint density at radius 2 is 1.71 bits per heavy atom. The number of ether oxygens (including phenoxy) is 2. The van der Waals surface area contributed by atoms with E-state index in [2.05, 4.69) is 9.97 Å².